The number of hydrogen-bond donors (Lipinski definition) is 0. The Bertz CT molecular complexity index is 617. The Kier molecular flexibility index (Phi) is 3.56. The maximum Gasteiger partial charge on any atom is 0.310 e. The zero-order valence-electron chi connectivity index (χ0n) is 8.48. The predicted octanol–water partition coefficient (Wildman–Crippen LogP) is 2.21. The summed E-state index contributed by atoms with van der Waals surface area (Å²) in [6.45, 7) is 0.476. The number of rotatable bonds is 3. The van der Waals surface area contributed by atoms with Gasteiger partial charge in [0.15, 0.2) is 0 Å². The fourth-order valence-electron chi connectivity index (χ4n) is 1.52. The van der Waals surface area contributed by atoms with Crippen molar-refractivity contribution >= 4 is 37.4 Å². The second-order valence-electron chi connectivity index (χ2n) is 3.36. The van der Waals surface area contributed by atoms with E-state index in [2.05, 4.69) is 15.9 Å². The summed E-state index contributed by atoms with van der Waals surface area (Å²) < 4.78 is 2.07. The molecule has 0 radical (unpaired) electrons. The quantitative estimate of drug-likeness (QED) is 0.815. The number of hydrogen-bond acceptors (Lipinski definition) is 3. The Labute approximate surface area is 104 Å². The topological polar surface area (TPSA) is 39.1 Å². The molecule has 0 aliphatic carbocycles. The minimum absolute atomic E-state index is 0.176. The van der Waals surface area contributed by atoms with Crippen LogP contribution in [0.2, 0.25) is 0 Å². The highest BCUT2D eigenvalue weighted by atomic mass is 79.9. The van der Waals surface area contributed by atoms with Gasteiger partial charge >= 0.3 is 4.87 Å². The molecular weight excluding hydrogens is 290 g/mol. The highest BCUT2D eigenvalue weighted by molar-refractivity contribution is 9.09. The molecule has 0 saturated carbocycles. The van der Waals surface area contributed by atoms with E-state index < -0.39 is 0 Å². The fourth-order valence-corrected chi connectivity index (χ4v) is 2.66. The van der Waals surface area contributed by atoms with Gasteiger partial charge in [0.2, 0.25) is 0 Å². The number of fused-ring (bicyclic) bond motifs is 1. The standard InChI is InChI=1S/C11H10BrNO2S/c12-6-3-7-13-10(14)8-4-1-2-5-9(8)16-11(13)15/h1-2,4-5H,3,6-7H2. The molecule has 16 heavy (non-hydrogen) atoms. The van der Waals surface area contributed by atoms with Crippen LogP contribution in [-0.4, -0.2) is 9.90 Å². The van der Waals surface area contributed by atoms with E-state index in [9.17, 15) is 9.59 Å². The molecule has 0 N–H and O–H groups in total. The van der Waals surface area contributed by atoms with Gasteiger partial charge in [0.25, 0.3) is 5.56 Å². The number of halogens is 1. The molecule has 0 spiro atoms. The van der Waals surface area contributed by atoms with E-state index in [1.165, 1.54) is 4.57 Å². The third-order valence-corrected chi connectivity index (χ3v) is 3.83. The second-order valence-corrected chi connectivity index (χ2v) is 5.15. The summed E-state index contributed by atoms with van der Waals surface area (Å²) >= 11 is 4.42. The zero-order valence-corrected chi connectivity index (χ0v) is 10.9. The zero-order chi connectivity index (χ0) is 11.5. The smallest absolute Gasteiger partial charge is 0.269 e. The molecule has 84 valence electrons. The van der Waals surface area contributed by atoms with E-state index in [0.717, 1.165) is 27.8 Å². The first kappa shape index (κ1) is 11.5. The van der Waals surface area contributed by atoms with Gasteiger partial charge in [-0.25, -0.2) is 0 Å². The molecule has 0 aliphatic heterocycles. The third kappa shape index (κ3) is 2.10. The fraction of sp³-hybridized carbons (Fsp3) is 0.273. The van der Waals surface area contributed by atoms with Crippen LogP contribution in [0.1, 0.15) is 6.42 Å². The van der Waals surface area contributed by atoms with Crippen molar-refractivity contribution in [3.63, 3.8) is 0 Å². The van der Waals surface area contributed by atoms with Gasteiger partial charge in [0.1, 0.15) is 0 Å². The summed E-state index contributed by atoms with van der Waals surface area (Å²) in [5.74, 6) is 0. The van der Waals surface area contributed by atoms with Crippen LogP contribution in [0.25, 0.3) is 10.1 Å². The molecule has 1 heterocycles. The van der Waals surface area contributed by atoms with Crippen molar-refractivity contribution in [2.45, 2.75) is 13.0 Å². The summed E-state index contributed by atoms with van der Waals surface area (Å²) in [7, 11) is 0. The van der Waals surface area contributed by atoms with Gasteiger partial charge in [0.05, 0.1) is 5.39 Å². The van der Waals surface area contributed by atoms with Crippen LogP contribution in [0.3, 0.4) is 0 Å². The Morgan fingerprint density at radius 1 is 1.25 bits per heavy atom. The lowest BCUT2D eigenvalue weighted by Crippen LogP contribution is -2.31. The number of alkyl halides is 1. The molecule has 5 heteroatoms. The largest absolute Gasteiger partial charge is 0.310 e. The van der Waals surface area contributed by atoms with E-state index in [1.807, 2.05) is 12.1 Å². The summed E-state index contributed by atoms with van der Waals surface area (Å²) in [6, 6.07) is 7.21. The summed E-state index contributed by atoms with van der Waals surface area (Å²) in [5.41, 5.74) is -0.180. The van der Waals surface area contributed by atoms with Crippen molar-refractivity contribution in [1.82, 2.24) is 4.57 Å². The molecule has 1 aromatic carbocycles. The predicted molar refractivity (Wildman–Crippen MR) is 70.8 cm³/mol. The van der Waals surface area contributed by atoms with Crippen molar-refractivity contribution < 1.29 is 0 Å². The van der Waals surface area contributed by atoms with Crippen molar-refractivity contribution in [1.29, 1.82) is 0 Å². The van der Waals surface area contributed by atoms with Gasteiger partial charge < -0.3 is 0 Å². The molecule has 0 bridgehead atoms. The van der Waals surface area contributed by atoms with Crippen molar-refractivity contribution in [2.75, 3.05) is 5.33 Å². The van der Waals surface area contributed by atoms with E-state index in [4.69, 9.17) is 0 Å². The molecule has 2 aromatic rings. The molecule has 1 aromatic heterocycles. The van der Waals surface area contributed by atoms with E-state index in [-0.39, 0.29) is 10.4 Å². The van der Waals surface area contributed by atoms with Crippen LogP contribution < -0.4 is 10.4 Å². The van der Waals surface area contributed by atoms with Gasteiger partial charge in [-0.05, 0) is 18.6 Å². The summed E-state index contributed by atoms with van der Waals surface area (Å²) in [6.07, 6.45) is 0.778. The average Bonchev–Trinajstić information content (AvgIpc) is 2.29. The van der Waals surface area contributed by atoms with E-state index >= 15 is 0 Å². The van der Waals surface area contributed by atoms with Crippen LogP contribution in [0, 0.1) is 0 Å². The highest BCUT2D eigenvalue weighted by Gasteiger charge is 2.06. The van der Waals surface area contributed by atoms with Gasteiger partial charge in [-0.15, -0.1) is 0 Å². The first-order valence-corrected chi connectivity index (χ1v) is 6.86. The first-order chi connectivity index (χ1) is 7.74. The summed E-state index contributed by atoms with van der Waals surface area (Å²) in [5, 5.41) is 1.41. The summed E-state index contributed by atoms with van der Waals surface area (Å²) in [4.78, 5) is 23.6. The lowest BCUT2D eigenvalue weighted by molar-refractivity contribution is 0.654. The van der Waals surface area contributed by atoms with Crippen LogP contribution in [0.15, 0.2) is 33.9 Å². The Balaban J connectivity index is 2.66. The molecule has 0 saturated heterocycles. The van der Waals surface area contributed by atoms with Crippen LogP contribution in [-0.2, 0) is 6.54 Å². The van der Waals surface area contributed by atoms with E-state index in [1.54, 1.807) is 12.1 Å². The minimum Gasteiger partial charge on any atom is -0.269 e. The van der Waals surface area contributed by atoms with Gasteiger partial charge in [-0.3, -0.25) is 14.2 Å². The van der Waals surface area contributed by atoms with Crippen molar-refractivity contribution in [2.24, 2.45) is 0 Å². The van der Waals surface area contributed by atoms with Crippen LogP contribution in [0.4, 0.5) is 0 Å². The Morgan fingerprint density at radius 2 is 2.00 bits per heavy atom. The molecule has 3 nitrogen and oxygen atoms in total. The maximum absolute atomic E-state index is 12.0. The van der Waals surface area contributed by atoms with Gasteiger partial charge in [-0.2, -0.15) is 0 Å². The minimum atomic E-state index is -0.180. The molecule has 0 amide bonds. The molecule has 0 atom stereocenters. The number of aromatic nitrogens is 1. The Hall–Kier alpha value is -0.940. The van der Waals surface area contributed by atoms with Crippen molar-refractivity contribution in [3.05, 3.63) is 44.3 Å². The van der Waals surface area contributed by atoms with Gasteiger partial charge in [0, 0.05) is 16.6 Å². The lowest BCUT2D eigenvalue weighted by atomic mass is 10.3. The normalized spacial score (nSPS) is 10.8. The third-order valence-electron chi connectivity index (χ3n) is 2.30. The maximum atomic E-state index is 12.0. The average molecular weight is 300 g/mol. The van der Waals surface area contributed by atoms with Crippen LogP contribution >= 0.6 is 27.3 Å². The van der Waals surface area contributed by atoms with Crippen molar-refractivity contribution in [3.8, 4) is 0 Å². The number of nitrogens with zero attached hydrogens (tertiary/aromatic N) is 1. The van der Waals surface area contributed by atoms with Crippen LogP contribution in [0.5, 0.6) is 0 Å². The molecule has 0 unspecified atom stereocenters. The second kappa shape index (κ2) is 4.93. The number of benzene rings is 1. The first-order valence-electron chi connectivity index (χ1n) is 4.92. The SMILES string of the molecule is O=c1sc2ccccc2c(=O)n1CCCBr. The lowest BCUT2D eigenvalue weighted by Gasteiger charge is -2.03. The monoisotopic (exact) mass is 299 g/mol. The molecule has 0 aliphatic rings. The van der Waals surface area contributed by atoms with Gasteiger partial charge in [-0.1, -0.05) is 39.4 Å². The van der Waals surface area contributed by atoms with E-state index in [0.29, 0.717) is 11.9 Å². The molecular formula is C11H10BrNO2S. The molecule has 2 rings (SSSR count). The molecule has 0 fully saturated rings. The Morgan fingerprint density at radius 3 is 2.75 bits per heavy atom. The highest BCUT2D eigenvalue weighted by Crippen LogP contribution is 2.10.